The maximum Gasteiger partial charge on any atom is 0.243 e. The summed E-state index contributed by atoms with van der Waals surface area (Å²) in [5.74, 6) is 2.02. The second-order valence-corrected chi connectivity index (χ2v) is 8.28. The van der Waals surface area contributed by atoms with Crippen molar-refractivity contribution in [2.45, 2.75) is 40.5 Å². The summed E-state index contributed by atoms with van der Waals surface area (Å²) < 4.78 is 11.5. The maximum atomic E-state index is 12.3. The Kier molecular flexibility index (Phi) is 5.99. The van der Waals surface area contributed by atoms with Crippen LogP contribution in [-0.4, -0.2) is 35.0 Å². The minimum Gasteiger partial charge on any atom is -0.457 e. The average molecular weight is 434 g/mol. The van der Waals surface area contributed by atoms with E-state index >= 15 is 0 Å². The van der Waals surface area contributed by atoms with Crippen LogP contribution in [0.4, 0.5) is 5.69 Å². The predicted molar refractivity (Wildman–Crippen MR) is 122 cm³/mol. The lowest BCUT2D eigenvalue weighted by Gasteiger charge is -2.16. The zero-order valence-electron chi connectivity index (χ0n) is 18.8. The van der Waals surface area contributed by atoms with Crippen LogP contribution < -0.4 is 10.1 Å². The van der Waals surface area contributed by atoms with E-state index in [-0.39, 0.29) is 18.4 Å². The molecule has 0 bridgehead atoms. The highest BCUT2D eigenvalue weighted by Crippen LogP contribution is 2.34. The third kappa shape index (κ3) is 4.66. The highest BCUT2D eigenvalue weighted by molar-refractivity contribution is 5.95. The fourth-order valence-electron chi connectivity index (χ4n) is 4.06. The molecule has 166 valence electrons. The van der Waals surface area contributed by atoms with Gasteiger partial charge in [-0.2, -0.15) is 0 Å². The van der Waals surface area contributed by atoms with Crippen LogP contribution in [0.2, 0.25) is 0 Å². The number of likely N-dealkylation sites (tertiary alicyclic amines) is 1. The summed E-state index contributed by atoms with van der Waals surface area (Å²) in [6.07, 6.45) is 1.34. The highest BCUT2D eigenvalue weighted by atomic mass is 16.5. The van der Waals surface area contributed by atoms with Gasteiger partial charge in [0.05, 0.1) is 12.2 Å². The number of rotatable bonds is 6. The molecule has 0 aliphatic carbocycles. The zero-order valence-corrected chi connectivity index (χ0v) is 18.8. The molecule has 3 aromatic rings. The molecule has 2 heterocycles. The molecule has 0 spiro atoms. The highest BCUT2D eigenvalue weighted by Gasteiger charge is 2.22. The summed E-state index contributed by atoms with van der Waals surface area (Å²) in [5.41, 5.74) is 5.44. The fourth-order valence-corrected chi connectivity index (χ4v) is 4.06. The molecule has 2 amide bonds. The van der Waals surface area contributed by atoms with E-state index in [4.69, 9.17) is 9.26 Å². The Morgan fingerprint density at radius 1 is 1.16 bits per heavy atom. The standard InChI is InChI=1S/C25H27N3O4/c1-15-10-19(25-17(3)27-32-18(25)4)13-21(11-15)31-22-8-7-20(12-16(22)2)26-23(29)14-28-9-5-6-24(28)30/h7-8,10-13H,5-6,9,14H2,1-4H3,(H,26,29). The van der Waals surface area contributed by atoms with Gasteiger partial charge in [0.1, 0.15) is 17.3 Å². The van der Waals surface area contributed by atoms with E-state index in [1.54, 1.807) is 11.0 Å². The number of nitrogens with one attached hydrogen (secondary N) is 1. The smallest absolute Gasteiger partial charge is 0.243 e. The van der Waals surface area contributed by atoms with Crippen LogP contribution in [0.15, 0.2) is 40.9 Å². The number of aromatic nitrogens is 1. The Morgan fingerprint density at radius 2 is 1.97 bits per heavy atom. The molecular weight excluding hydrogens is 406 g/mol. The van der Waals surface area contributed by atoms with Crippen molar-refractivity contribution in [2.24, 2.45) is 0 Å². The van der Waals surface area contributed by atoms with Crippen molar-refractivity contribution in [3.8, 4) is 22.6 Å². The van der Waals surface area contributed by atoms with Gasteiger partial charge in [-0.15, -0.1) is 0 Å². The van der Waals surface area contributed by atoms with Gasteiger partial charge < -0.3 is 19.5 Å². The van der Waals surface area contributed by atoms with Crippen LogP contribution in [0.3, 0.4) is 0 Å². The molecule has 7 nitrogen and oxygen atoms in total. The number of ether oxygens (including phenoxy) is 1. The van der Waals surface area contributed by atoms with Crippen molar-refractivity contribution in [2.75, 3.05) is 18.4 Å². The molecule has 0 unspecified atom stereocenters. The molecule has 0 radical (unpaired) electrons. The molecule has 4 rings (SSSR count). The monoisotopic (exact) mass is 433 g/mol. The van der Waals surface area contributed by atoms with E-state index in [9.17, 15) is 9.59 Å². The third-order valence-corrected chi connectivity index (χ3v) is 5.57. The van der Waals surface area contributed by atoms with Crippen molar-refractivity contribution in [1.29, 1.82) is 0 Å². The SMILES string of the molecule is Cc1cc(Oc2ccc(NC(=O)CN3CCCC3=O)cc2C)cc(-c2c(C)noc2C)c1. The van der Waals surface area contributed by atoms with Gasteiger partial charge in [0, 0.05) is 24.2 Å². The molecule has 1 aromatic heterocycles. The van der Waals surface area contributed by atoms with Gasteiger partial charge in [-0.1, -0.05) is 11.2 Å². The second kappa shape index (κ2) is 8.86. The third-order valence-electron chi connectivity index (χ3n) is 5.57. The number of anilines is 1. The van der Waals surface area contributed by atoms with E-state index < -0.39 is 0 Å². The molecule has 1 aliphatic heterocycles. The van der Waals surface area contributed by atoms with Crippen LogP contribution in [0.5, 0.6) is 11.5 Å². The van der Waals surface area contributed by atoms with Gasteiger partial charge >= 0.3 is 0 Å². The quantitative estimate of drug-likeness (QED) is 0.596. The Morgan fingerprint density at radius 3 is 2.62 bits per heavy atom. The molecule has 7 heteroatoms. The van der Waals surface area contributed by atoms with Crippen LogP contribution in [-0.2, 0) is 9.59 Å². The number of carbonyl (C=O) groups is 2. The van der Waals surface area contributed by atoms with E-state index in [1.165, 1.54) is 0 Å². The van der Waals surface area contributed by atoms with Crippen molar-refractivity contribution in [1.82, 2.24) is 10.1 Å². The average Bonchev–Trinajstić information content (AvgIpc) is 3.28. The van der Waals surface area contributed by atoms with Gasteiger partial charge in [0.2, 0.25) is 11.8 Å². The lowest BCUT2D eigenvalue weighted by molar-refractivity contribution is -0.131. The summed E-state index contributed by atoms with van der Waals surface area (Å²) in [4.78, 5) is 25.6. The van der Waals surface area contributed by atoms with E-state index in [1.807, 2.05) is 52.0 Å². The zero-order chi connectivity index (χ0) is 22.8. The molecule has 0 atom stereocenters. The maximum absolute atomic E-state index is 12.3. The topological polar surface area (TPSA) is 84.7 Å². The minimum atomic E-state index is -0.198. The first kappa shape index (κ1) is 21.6. The first-order valence-corrected chi connectivity index (χ1v) is 10.7. The summed E-state index contributed by atoms with van der Waals surface area (Å²) in [6.45, 7) is 8.50. The van der Waals surface area contributed by atoms with E-state index in [2.05, 4.69) is 16.5 Å². The molecule has 2 aromatic carbocycles. The van der Waals surface area contributed by atoms with E-state index in [0.717, 1.165) is 40.1 Å². The number of nitrogens with zero attached hydrogens (tertiary/aromatic N) is 2. The largest absolute Gasteiger partial charge is 0.457 e. The van der Waals surface area contributed by atoms with E-state index in [0.29, 0.717) is 30.2 Å². The number of hydrogen-bond donors (Lipinski definition) is 1. The summed E-state index contributed by atoms with van der Waals surface area (Å²) >= 11 is 0. The number of carbonyl (C=O) groups excluding carboxylic acids is 2. The van der Waals surface area contributed by atoms with Crippen LogP contribution in [0.25, 0.3) is 11.1 Å². The first-order valence-electron chi connectivity index (χ1n) is 10.7. The first-order chi connectivity index (χ1) is 15.3. The predicted octanol–water partition coefficient (Wildman–Crippen LogP) is 4.93. The van der Waals surface area contributed by atoms with Gasteiger partial charge in [0.15, 0.2) is 0 Å². The van der Waals surface area contributed by atoms with Crippen molar-refractivity contribution >= 4 is 17.5 Å². The Balaban J connectivity index is 1.48. The second-order valence-electron chi connectivity index (χ2n) is 8.28. The van der Waals surface area contributed by atoms with Crippen molar-refractivity contribution in [3.05, 3.63) is 59.0 Å². The fraction of sp³-hybridized carbons (Fsp3) is 0.320. The van der Waals surface area contributed by atoms with Gasteiger partial charge in [-0.05, 0) is 81.1 Å². The lowest BCUT2D eigenvalue weighted by atomic mass is 10.0. The van der Waals surface area contributed by atoms with Crippen LogP contribution >= 0.6 is 0 Å². The molecular formula is C25H27N3O4. The summed E-state index contributed by atoms with van der Waals surface area (Å²) in [6, 6.07) is 11.5. The van der Waals surface area contributed by atoms with Crippen molar-refractivity contribution < 1.29 is 18.8 Å². The molecule has 0 saturated carbocycles. The summed E-state index contributed by atoms with van der Waals surface area (Å²) in [7, 11) is 0. The Hall–Kier alpha value is -3.61. The molecule has 1 fully saturated rings. The summed E-state index contributed by atoms with van der Waals surface area (Å²) in [5, 5.41) is 6.91. The Bertz CT molecular complexity index is 1160. The number of benzene rings is 2. The molecule has 1 N–H and O–H groups in total. The van der Waals surface area contributed by atoms with Gasteiger partial charge in [-0.25, -0.2) is 0 Å². The Labute approximate surface area is 187 Å². The molecule has 32 heavy (non-hydrogen) atoms. The van der Waals surface area contributed by atoms with Crippen LogP contribution in [0, 0.1) is 27.7 Å². The van der Waals surface area contributed by atoms with Crippen molar-refractivity contribution in [3.63, 3.8) is 0 Å². The molecule has 1 aliphatic rings. The van der Waals surface area contributed by atoms with Gasteiger partial charge in [0.25, 0.3) is 0 Å². The number of amides is 2. The molecule has 1 saturated heterocycles. The van der Waals surface area contributed by atoms with Crippen LogP contribution in [0.1, 0.15) is 35.4 Å². The normalized spacial score (nSPS) is 13.5. The minimum absolute atomic E-state index is 0.0363. The van der Waals surface area contributed by atoms with Gasteiger partial charge in [-0.3, -0.25) is 9.59 Å². The number of hydrogen-bond acceptors (Lipinski definition) is 5. The lowest BCUT2D eigenvalue weighted by Crippen LogP contribution is -2.33. The number of aryl methyl sites for hydroxylation is 4.